The standard InChI is InChI=1S/C22H22N4O3/c23-21-20-19(13-26(10-12-28)22(20)25-14-24-21)16-3-7-18(8-4-16)29-17-5-1-15(2-6-17)9-11-27/h1-8,13-14,27-28H,9-12H2,(H2,23,24,25). The second-order valence-electron chi connectivity index (χ2n) is 6.66. The molecule has 0 bridgehead atoms. The average Bonchev–Trinajstić information content (AvgIpc) is 3.11. The van der Waals surface area contributed by atoms with Crippen molar-refractivity contribution >= 4 is 16.9 Å². The summed E-state index contributed by atoms with van der Waals surface area (Å²) >= 11 is 0. The molecule has 0 saturated carbocycles. The second kappa shape index (κ2) is 8.30. The van der Waals surface area contributed by atoms with Crippen molar-refractivity contribution in [2.24, 2.45) is 0 Å². The van der Waals surface area contributed by atoms with Crippen molar-refractivity contribution in [1.82, 2.24) is 14.5 Å². The van der Waals surface area contributed by atoms with E-state index in [9.17, 15) is 5.11 Å². The van der Waals surface area contributed by atoms with Crippen LogP contribution < -0.4 is 10.5 Å². The summed E-state index contributed by atoms with van der Waals surface area (Å²) < 4.78 is 7.78. The first-order valence-electron chi connectivity index (χ1n) is 9.38. The number of aromatic nitrogens is 3. The topological polar surface area (TPSA) is 106 Å². The molecule has 148 valence electrons. The maximum absolute atomic E-state index is 9.33. The molecule has 7 nitrogen and oxygen atoms in total. The molecule has 0 unspecified atom stereocenters. The van der Waals surface area contributed by atoms with Crippen LogP contribution >= 0.6 is 0 Å². The van der Waals surface area contributed by atoms with Gasteiger partial charge in [-0.25, -0.2) is 9.97 Å². The summed E-state index contributed by atoms with van der Waals surface area (Å²) in [6, 6.07) is 15.4. The number of anilines is 1. The molecule has 0 aliphatic rings. The molecule has 0 aliphatic heterocycles. The fourth-order valence-electron chi connectivity index (χ4n) is 3.34. The van der Waals surface area contributed by atoms with Gasteiger partial charge >= 0.3 is 0 Å². The zero-order chi connectivity index (χ0) is 20.2. The zero-order valence-corrected chi connectivity index (χ0v) is 15.8. The van der Waals surface area contributed by atoms with Crippen LogP contribution in [-0.4, -0.2) is 38.0 Å². The Labute approximate surface area is 168 Å². The molecule has 0 spiro atoms. The van der Waals surface area contributed by atoms with Crippen LogP contribution in [0.5, 0.6) is 11.5 Å². The zero-order valence-electron chi connectivity index (χ0n) is 15.8. The Balaban J connectivity index is 1.61. The number of aliphatic hydroxyl groups excluding tert-OH is 2. The summed E-state index contributed by atoms with van der Waals surface area (Å²) in [6.07, 6.45) is 3.99. The lowest BCUT2D eigenvalue weighted by Gasteiger charge is -2.08. The van der Waals surface area contributed by atoms with Gasteiger partial charge in [-0.15, -0.1) is 0 Å². The molecule has 0 amide bonds. The van der Waals surface area contributed by atoms with E-state index in [1.165, 1.54) is 6.33 Å². The average molecular weight is 390 g/mol. The number of nitrogens with two attached hydrogens (primary N) is 1. The summed E-state index contributed by atoms with van der Waals surface area (Å²) in [7, 11) is 0. The smallest absolute Gasteiger partial charge is 0.146 e. The van der Waals surface area contributed by atoms with E-state index in [1.807, 2.05) is 59.3 Å². The number of hydrogen-bond donors (Lipinski definition) is 3. The Kier molecular flexibility index (Phi) is 5.41. The number of aliphatic hydroxyl groups is 2. The highest BCUT2D eigenvalue weighted by molar-refractivity contribution is 6.00. The molecule has 4 aromatic rings. The number of benzene rings is 2. The van der Waals surface area contributed by atoms with E-state index in [0.717, 1.165) is 27.8 Å². The van der Waals surface area contributed by atoms with E-state index in [0.29, 0.717) is 30.2 Å². The van der Waals surface area contributed by atoms with Gasteiger partial charge in [0.25, 0.3) is 0 Å². The minimum Gasteiger partial charge on any atom is -0.457 e. The largest absolute Gasteiger partial charge is 0.457 e. The molecule has 2 heterocycles. The van der Waals surface area contributed by atoms with Crippen LogP contribution in [0, 0.1) is 0 Å². The minimum absolute atomic E-state index is 0.0109. The number of nitrogens with zero attached hydrogens (tertiary/aromatic N) is 3. The maximum atomic E-state index is 9.33. The second-order valence-corrected chi connectivity index (χ2v) is 6.66. The fraction of sp³-hybridized carbons (Fsp3) is 0.182. The summed E-state index contributed by atoms with van der Waals surface area (Å²) in [5.74, 6) is 1.86. The molecule has 4 N–H and O–H groups in total. The van der Waals surface area contributed by atoms with Gasteiger partial charge in [-0.05, 0) is 41.8 Å². The van der Waals surface area contributed by atoms with Gasteiger partial charge in [-0.2, -0.15) is 0 Å². The highest BCUT2D eigenvalue weighted by atomic mass is 16.5. The molecular formula is C22H22N4O3. The van der Waals surface area contributed by atoms with E-state index in [2.05, 4.69) is 9.97 Å². The highest BCUT2D eigenvalue weighted by Crippen LogP contribution is 2.34. The van der Waals surface area contributed by atoms with Crippen LogP contribution in [0.2, 0.25) is 0 Å². The van der Waals surface area contributed by atoms with Crippen LogP contribution in [0.25, 0.3) is 22.2 Å². The van der Waals surface area contributed by atoms with Crippen molar-refractivity contribution in [2.45, 2.75) is 13.0 Å². The molecule has 2 aromatic carbocycles. The van der Waals surface area contributed by atoms with Crippen LogP contribution in [0.1, 0.15) is 5.56 Å². The number of hydrogen-bond acceptors (Lipinski definition) is 6. The molecule has 0 atom stereocenters. The van der Waals surface area contributed by atoms with Crippen molar-refractivity contribution < 1.29 is 14.9 Å². The van der Waals surface area contributed by atoms with Crippen molar-refractivity contribution in [1.29, 1.82) is 0 Å². The van der Waals surface area contributed by atoms with Gasteiger partial charge in [-0.1, -0.05) is 24.3 Å². The summed E-state index contributed by atoms with van der Waals surface area (Å²) in [5, 5.41) is 19.1. The number of ether oxygens (including phenoxy) is 1. The molecule has 0 radical (unpaired) electrons. The van der Waals surface area contributed by atoms with Crippen molar-refractivity contribution in [3.05, 3.63) is 66.6 Å². The Hall–Kier alpha value is -3.42. The van der Waals surface area contributed by atoms with Crippen molar-refractivity contribution in [3.63, 3.8) is 0 Å². The van der Waals surface area contributed by atoms with Crippen molar-refractivity contribution in [2.75, 3.05) is 18.9 Å². The monoisotopic (exact) mass is 390 g/mol. The SMILES string of the molecule is Nc1ncnc2c1c(-c1ccc(Oc3ccc(CCO)cc3)cc1)cn2CCO. The number of nitrogen functional groups attached to an aromatic ring is 1. The first kappa shape index (κ1) is 18.9. The van der Waals surface area contributed by atoms with E-state index < -0.39 is 0 Å². The van der Waals surface area contributed by atoms with E-state index >= 15 is 0 Å². The highest BCUT2D eigenvalue weighted by Gasteiger charge is 2.15. The third kappa shape index (κ3) is 3.91. The maximum Gasteiger partial charge on any atom is 0.146 e. The van der Waals surface area contributed by atoms with Gasteiger partial charge in [0, 0.05) is 24.9 Å². The molecule has 0 fully saturated rings. The lowest BCUT2D eigenvalue weighted by molar-refractivity contribution is 0.278. The molecule has 2 aromatic heterocycles. The Morgan fingerprint density at radius 3 is 2.24 bits per heavy atom. The van der Waals surface area contributed by atoms with E-state index in [-0.39, 0.29) is 13.2 Å². The Morgan fingerprint density at radius 1 is 0.897 bits per heavy atom. The predicted molar refractivity (Wildman–Crippen MR) is 112 cm³/mol. The predicted octanol–water partition coefficient (Wildman–Crippen LogP) is 3.00. The summed E-state index contributed by atoms with van der Waals surface area (Å²) in [5.41, 5.74) is 9.73. The number of rotatable bonds is 7. The first-order valence-corrected chi connectivity index (χ1v) is 9.38. The fourth-order valence-corrected chi connectivity index (χ4v) is 3.34. The van der Waals surface area contributed by atoms with Gasteiger partial charge in [-0.3, -0.25) is 0 Å². The quantitative estimate of drug-likeness (QED) is 0.448. The Morgan fingerprint density at radius 2 is 1.59 bits per heavy atom. The summed E-state index contributed by atoms with van der Waals surface area (Å²) in [4.78, 5) is 8.43. The van der Waals surface area contributed by atoms with Crippen molar-refractivity contribution in [3.8, 4) is 22.6 Å². The third-order valence-electron chi connectivity index (χ3n) is 4.75. The van der Waals surface area contributed by atoms with Gasteiger partial charge in [0.15, 0.2) is 0 Å². The molecular weight excluding hydrogens is 368 g/mol. The van der Waals surface area contributed by atoms with E-state index in [1.54, 1.807) is 0 Å². The minimum atomic E-state index is 0.0109. The molecule has 29 heavy (non-hydrogen) atoms. The lowest BCUT2D eigenvalue weighted by atomic mass is 10.1. The molecule has 4 rings (SSSR count). The van der Waals surface area contributed by atoms with E-state index in [4.69, 9.17) is 15.6 Å². The Bertz CT molecular complexity index is 1110. The van der Waals surface area contributed by atoms with Gasteiger partial charge in [0.1, 0.15) is 29.3 Å². The normalized spacial score (nSPS) is 11.1. The third-order valence-corrected chi connectivity index (χ3v) is 4.75. The lowest BCUT2D eigenvalue weighted by Crippen LogP contribution is -2.02. The van der Waals surface area contributed by atoms with Gasteiger partial charge in [0.05, 0.1) is 12.0 Å². The number of fused-ring (bicyclic) bond motifs is 1. The van der Waals surface area contributed by atoms with Crippen LogP contribution in [0.3, 0.4) is 0 Å². The van der Waals surface area contributed by atoms with Crippen LogP contribution in [0.15, 0.2) is 61.1 Å². The summed E-state index contributed by atoms with van der Waals surface area (Å²) in [6.45, 7) is 0.573. The first-order chi connectivity index (χ1) is 14.2. The van der Waals surface area contributed by atoms with Gasteiger partial charge in [0.2, 0.25) is 0 Å². The van der Waals surface area contributed by atoms with Gasteiger partial charge < -0.3 is 25.3 Å². The molecule has 0 aliphatic carbocycles. The molecule has 7 heteroatoms. The molecule has 0 saturated heterocycles. The van der Waals surface area contributed by atoms with Crippen LogP contribution in [0.4, 0.5) is 5.82 Å². The van der Waals surface area contributed by atoms with Crippen LogP contribution in [-0.2, 0) is 13.0 Å².